The van der Waals surface area contributed by atoms with Crippen LogP contribution in [0, 0.1) is 6.92 Å². The molecule has 0 bridgehead atoms. The van der Waals surface area contributed by atoms with Crippen LogP contribution in [0.4, 0.5) is 0 Å². The van der Waals surface area contributed by atoms with Gasteiger partial charge in [-0.25, -0.2) is 4.79 Å². The summed E-state index contributed by atoms with van der Waals surface area (Å²) in [6.45, 7) is 1.89. The van der Waals surface area contributed by atoms with Crippen LogP contribution in [0.1, 0.15) is 11.1 Å². The Morgan fingerprint density at radius 3 is 2.33 bits per heavy atom. The number of rotatable bonds is 5. The van der Waals surface area contributed by atoms with E-state index >= 15 is 0 Å². The summed E-state index contributed by atoms with van der Waals surface area (Å²) in [4.78, 5) is 24.9. The highest BCUT2D eigenvalue weighted by Crippen LogP contribution is 2.29. The quantitative estimate of drug-likeness (QED) is 0.270. The van der Waals surface area contributed by atoms with Crippen molar-refractivity contribution in [1.29, 1.82) is 0 Å². The minimum absolute atomic E-state index is 0.123. The van der Waals surface area contributed by atoms with Gasteiger partial charge in [0.05, 0.1) is 19.1 Å². The van der Waals surface area contributed by atoms with Gasteiger partial charge in [0.25, 0.3) is 0 Å². The second kappa shape index (κ2) is 8.25. The van der Waals surface area contributed by atoms with E-state index in [1.54, 1.807) is 37.4 Å². The van der Waals surface area contributed by atoms with Crippen LogP contribution >= 0.6 is 0 Å². The number of methoxy groups -OCH3 is 1. The number of fused-ring (bicyclic) bond motifs is 1. The molecule has 3 aromatic carbocycles. The first-order chi connectivity index (χ1) is 14.5. The number of ether oxygens (including phenoxy) is 2. The van der Waals surface area contributed by atoms with Gasteiger partial charge in [-0.15, -0.1) is 0 Å². The van der Waals surface area contributed by atoms with E-state index < -0.39 is 11.6 Å². The van der Waals surface area contributed by atoms with Crippen LogP contribution < -0.4 is 15.1 Å². The lowest BCUT2D eigenvalue weighted by Gasteiger charge is -2.10. The minimum Gasteiger partial charge on any atom is -0.497 e. The van der Waals surface area contributed by atoms with Gasteiger partial charge in [-0.1, -0.05) is 42.5 Å². The van der Waals surface area contributed by atoms with Crippen LogP contribution in [0.15, 0.2) is 82.0 Å². The predicted octanol–water partition coefficient (Wildman–Crippen LogP) is 4.93. The number of carbonyl (C=O) groups excluding carboxylic acids is 1. The largest absolute Gasteiger partial charge is 0.497 e. The first-order valence-corrected chi connectivity index (χ1v) is 9.51. The third-order valence-electron chi connectivity index (χ3n) is 4.94. The van der Waals surface area contributed by atoms with Crippen molar-refractivity contribution in [3.8, 4) is 22.6 Å². The SMILES string of the molecule is COc1ccc(CC(=O)Oc2ccc3c(C)c(-c4ccccc4)c(=O)oc3c2)cc1. The number of hydrogen-bond acceptors (Lipinski definition) is 5. The monoisotopic (exact) mass is 400 g/mol. The fourth-order valence-electron chi connectivity index (χ4n) is 3.42. The third kappa shape index (κ3) is 3.96. The van der Waals surface area contributed by atoms with Gasteiger partial charge in [-0.05, 0) is 47.9 Å². The van der Waals surface area contributed by atoms with Gasteiger partial charge < -0.3 is 13.9 Å². The Morgan fingerprint density at radius 2 is 1.63 bits per heavy atom. The summed E-state index contributed by atoms with van der Waals surface area (Å²) in [6.07, 6.45) is 0.123. The zero-order valence-corrected chi connectivity index (χ0v) is 16.7. The van der Waals surface area contributed by atoms with E-state index in [0.717, 1.165) is 27.8 Å². The van der Waals surface area contributed by atoms with Gasteiger partial charge in [0, 0.05) is 11.5 Å². The van der Waals surface area contributed by atoms with E-state index in [9.17, 15) is 9.59 Å². The van der Waals surface area contributed by atoms with Gasteiger partial charge in [0.1, 0.15) is 17.1 Å². The fourth-order valence-corrected chi connectivity index (χ4v) is 3.42. The summed E-state index contributed by atoms with van der Waals surface area (Å²) in [6, 6.07) is 21.7. The highest BCUT2D eigenvalue weighted by atomic mass is 16.5. The zero-order chi connectivity index (χ0) is 21.1. The summed E-state index contributed by atoms with van der Waals surface area (Å²) in [5.74, 6) is 0.650. The molecule has 0 spiro atoms. The average Bonchev–Trinajstić information content (AvgIpc) is 2.75. The van der Waals surface area contributed by atoms with Crippen LogP contribution in [0.2, 0.25) is 0 Å². The molecule has 0 atom stereocenters. The summed E-state index contributed by atoms with van der Waals surface area (Å²) in [7, 11) is 1.59. The number of carbonyl (C=O) groups is 1. The maximum Gasteiger partial charge on any atom is 0.344 e. The topological polar surface area (TPSA) is 65.7 Å². The van der Waals surface area contributed by atoms with E-state index in [4.69, 9.17) is 13.9 Å². The normalized spacial score (nSPS) is 10.7. The molecule has 4 rings (SSSR count). The van der Waals surface area contributed by atoms with Gasteiger partial charge >= 0.3 is 11.6 Å². The van der Waals surface area contributed by atoms with E-state index in [1.807, 2.05) is 49.4 Å². The molecule has 0 saturated heterocycles. The summed E-state index contributed by atoms with van der Waals surface area (Å²) >= 11 is 0. The lowest BCUT2D eigenvalue weighted by atomic mass is 10.00. The van der Waals surface area contributed by atoms with Crippen LogP contribution in [-0.2, 0) is 11.2 Å². The smallest absolute Gasteiger partial charge is 0.344 e. The molecule has 0 fully saturated rings. The maximum absolute atomic E-state index is 12.6. The van der Waals surface area contributed by atoms with Crippen molar-refractivity contribution < 1.29 is 18.7 Å². The van der Waals surface area contributed by atoms with Crippen molar-refractivity contribution in [3.63, 3.8) is 0 Å². The molecule has 0 aliphatic rings. The van der Waals surface area contributed by atoms with Crippen LogP contribution in [0.3, 0.4) is 0 Å². The first kappa shape index (κ1) is 19.5. The molecule has 0 amide bonds. The molecule has 0 N–H and O–H groups in total. The second-order valence-electron chi connectivity index (χ2n) is 6.91. The molecule has 1 heterocycles. The molecular formula is C25H20O5. The summed E-state index contributed by atoms with van der Waals surface area (Å²) in [5.41, 5.74) is 2.94. The molecule has 30 heavy (non-hydrogen) atoms. The molecular weight excluding hydrogens is 380 g/mol. The van der Waals surface area contributed by atoms with E-state index in [-0.39, 0.29) is 6.42 Å². The van der Waals surface area contributed by atoms with E-state index in [2.05, 4.69) is 0 Å². The number of benzene rings is 3. The number of esters is 1. The van der Waals surface area contributed by atoms with Crippen LogP contribution in [0.5, 0.6) is 11.5 Å². The van der Waals surface area contributed by atoms with Gasteiger partial charge in [0.2, 0.25) is 0 Å². The Bertz CT molecular complexity index is 1250. The van der Waals surface area contributed by atoms with Gasteiger partial charge in [0.15, 0.2) is 0 Å². The lowest BCUT2D eigenvalue weighted by Crippen LogP contribution is -2.11. The van der Waals surface area contributed by atoms with Crippen molar-refractivity contribution in [1.82, 2.24) is 0 Å². The van der Waals surface area contributed by atoms with Crippen molar-refractivity contribution >= 4 is 16.9 Å². The molecule has 0 radical (unpaired) electrons. The van der Waals surface area contributed by atoms with Crippen molar-refractivity contribution in [2.45, 2.75) is 13.3 Å². The highest BCUT2D eigenvalue weighted by Gasteiger charge is 2.15. The molecule has 0 aliphatic heterocycles. The van der Waals surface area contributed by atoms with Crippen molar-refractivity contribution in [2.24, 2.45) is 0 Å². The van der Waals surface area contributed by atoms with Crippen LogP contribution in [-0.4, -0.2) is 13.1 Å². The molecule has 1 aromatic heterocycles. The van der Waals surface area contributed by atoms with E-state index in [0.29, 0.717) is 16.9 Å². The van der Waals surface area contributed by atoms with Crippen molar-refractivity contribution in [3.05, 3.63) is 94.3 Å². The number of hydrogen-bond donors (Lipinski definition) is 0. The number of aryl methyl sites for hydroxylation is 1. The Morgan fingerprint density at radius 1 is 0.933 bits per heavy atom. The summed E-state index contributed by atoms with van der Waals surface area (Å²) in [5, 5.41) is 0.795. The minimum atomic E-state index is -0.423. The Labute approximate surface area is 173 Å². The molecule has 5 nitrogen and oxygen atoms in total. The fraction of sp³-hybridized carbons (Fsp3) is 0.120. The molecule has 4 aromatic rings. The van der Waals surface area contributed by atoms with Crippen molar-refractivity contribution in [2.75, 3.05) is 7.11 Å². The highest BCUT2D eigenvalue weighted by molar-refractivity contribution is 5.88. The summed E-state index contributed by atoms with van der Waals surface area (Å²) < 4.78 is 16.1. The molecule has 150 valence electrons. The van der Waals surface area contributed by atoms with Crippen LogP contribution in [0.25, 0.3) is 22.1 Å². The average molecular weight is 400 g/mol. The Hall–Kier alpha value is -3.86. The molecule has 0 aliphatic carbocycles. The van der Waals surface area contributed by atoms with Gasteiger partial charge in [-0.2, -0.15) is 0 Å². The lowest BCUT2D eigenvalue weighted by molar-refractivity contribution is -0.133. The van der Waals surface area contributed by atoms with Gasteiger partial charge in [-0.3, -0.25) is 4.79 Å². The first-order valence-electron chi connectivity index (χ1n) is 9.51. The Balaban J connectivity index is 1.59. The zero-order valence-electron chi connectivity index (χ0n) is 16.7. The molecule has 5 heteroatoms. The molecule has 0 saturated carbocycles. The second-order valence-corrected chi connectivity index (χ2v) is 6.91. The standard InChI is InChI=1S/C25H20O5/c1-16-21-13-12-20(29-23(26)14-17-8-10-19(28-2)11-9-17)15-22(21)30-25(27)24(16)18-6-4-3-5-7-18/h3-13,15H,14H2,1-2H3. The maximum atomic E-state index is 12.6. The van der Waals surface area contributed by atoms with E-state index in [1.165, 1.54) is 0 Å². The Kier molecular flexibility index (Phi) is 5.35. The predicted molar refractivity (Wildman–Crippen MR) is 115 cm³/mol. The molecule has 0 unspecified atom stereocenters. The third-order valence-corrected chi connectivity index (χ3v) is 4.94.